The summed E-state index contributed by atoms with van der Waals surface area (Å²) in [6.45, 7) is 0. The molecule has 0 bridgehead atoms. The highest BCUT2D eigenvalue weighted by molar-refractivity contribution is 6.29. The van der Waals surface area contributed by atoms with Crippen molar-refractivity contribution in [2.75, 3.05) is 0 Å². The fourth-order valence-electron chi connectivity index (χ4n) is 1.10. The predicted molar refractivity (Wildman–Crippen MR) is 57.5 cm³/mol. The highest BCUT2D eigenvalue weighted by atomic mass is 35.5. The maximum atomic E-state index is 5.76. The molecule has 0 N–H and O–H groups in total. The van der Waals surface area contributed by atoms with Crippen molar-refractivity contribution >= 4 is 23.2 Å². The van der Waals surface area contributed by atoms with Gasteiger partial charge in [-0.2, -0.15) is 0 Å². The molecule has 0 fully saturated rings. The van der Waals surface area contributed by atoms with Crippen LogP contribution in [0, 0.1) is 0 Å². The molecule has 0 atom stereocenters. The molecule has 4 heteroatoms. The SMILES string of the molecule is Clc1cccc(-c2cccc(Cl)n2)n1. The van der Waals surface area contributed by atoms with Crippen molar-refractivity contribution in [3.8, 4) is 11.4 Å². The van der Waals surface area contributed by atoms with Crippen molar-refractivity contribution in [2.45, 2.75) is 0 Å². The molecule has 0 aliphatic heterocycles. The van der Waals surface area contributed by atoms with Gasteiger partial charge in [-0.05, 0) is 24.3 Å². The lowest BCUT2D eigenvalue weighted by Crippen LogP contribution is -1.87. The zero-order valence-electron chi connectivity index (χ0n) is 7.11. The van der Waals surface area contributed by atoms with Crippen LogP contribution in [0.5, 0.6) is 0 Å². The molecular weight excluding hydrogens is 219 g/mol. The molecule has 2 nitrogen and oxygen atoms in total. The first-order valence-corrected chi connectivity index (χ1v) is 4.77. The van der Waals surface area contributed by atoms with Gasteiger partial charge in [0, 0.05) is 0 Å². The highest BCUT2D eigenvalue weighted by Gasteiger charge is 2.01. The highest BCUT2D eigenvalue weighted by Crippen LogP contribution is 2.18. The molecular formula is C10H6Cl2N2. The monoisotopic (exact) mass is 224 g/mol. The van der Waals surface area contributed by atoms with E-state index in [0.29, 0.717) is 10.3 Å². The van der Waals surface area contributed by atoms with E-state index in [-0.39, 0.29) is 0 Å². The first-order valence-electron chi connectivity index (χ1n) is 4.01. The Labute approximate surface area is 91.5 Å². The number of nitrogens with zero attached hydrogens (tertiary/aromatic N) is 2. The van der Waals surface area contributed by atoms with Gasteiger partial charge in [-0.25, -0.2) is 9.97 Å². The van der Waals surface area contributed by atoms with Crippen LogP contribution < -0.4 is 0 Å². The molecule has 2 heterocycles. The van der Waals surface area contributed by atoms with Crippen molar-refractivity contribution < 1.29 is 0 Å². The van der Waals surface area contributed by atoms with Crippen molar-refractivity contribution in [1.29, 1.82) is 0 Å². The second-order valence-corrected chi connectivity index (χ2v) is 3.47. The van der Waals surface area contributed by atoms with Gasteiger partial charge in [-0.1, -0.05) is 35.3 Å². The normalized spacial score (nSPS) is 10.1. The van der Waals surface area contributed by atoms with E-state index < -0.39 is 0 Å². The van der Waals surface area contributed by atoms with Gasteiger partial charge in [0.25, 0.3) is 0 Å². The Morgan fingerprint density at radius 2 is 1.14 bits per heavy atom. The van der Waals surface area contributed by atoms with Gasteiger partial charge in [0.1, 0.15) is 10.3 Å². The largest absolute Gasteiger partial charge is 0.234 e. The van der Waals surface area contributed by atoms with Crippen molar-refractivity contribution in [3.05, 3.63) is 46.7 Å². The minimum absolute atomic E-state index is 0.448. The number of hydrogen-bond donors (Lipinski definition) is 0. The van der Waals surface area contributed by atoms with Crippen molar-refractivity contribution in [3.63, 3.8) is 0 Å². The Morgan fingerprint density at radius 3 is 1.50 bits per heavy atom. The number of rotatable bonds is 1. The maximum absolute atomic E-state index is 5.76. The van der Waals surface area contributed by atoms with E-state index >= 15 is 0 Å². The summed E-state index contributed by atoms with van der Waals surface area (Å²) >= 11 is 11.5. The Balaban J connectivity index is 2.49. The second kappa shape index (κ2) is 3.95. The van der Waals surface area contributed by atoms with Crippen LogP contribution in [0.15, 0.2) is 36.4 Å². The van der Waals surface area contributed by atoms with E-state index in [9.17, 15) is 0 Å². The molecule has 2 aromatic heterocycles. The second-order valence-electron chi connectivity index (χ2n) is 2.69. The van der Waals surface area contributed by atoms with Gasteiger partial charge < -0.3 is 0 Å². The molecule has 14 heavy (non-hydrogen) atoms. The van der Waals surface area contributed by atoms with Crippen LogP contribution in [0.1, 0.15) is 0 Å². The summed E-state index contributed by atoms with van der Waals surface area (Å²) in [5.41, 5.74) is 1.44. The smallest absolute Gasteiger partial charge is 0.129 e. The van der Waals surface area contributed by atoms with Crippen LogP contribution in [-0.2, 0) is 0 Å². The molecule has 0 aromatic carbocycles. The Kier molecular flexibility index (Phi) is 2.66. The van der Waals surface area contributed by atoms with Gasteiger partial charge in [0.15, 0.2) is 0 Å². The predicted octanol–water partition coefficient (Wildman–Crippen LogP) is 3.45. The van der Waals surface area contributed by atoms with Gasteiger partial charge in [-0.3, -0.25) is 0 Å². The van der Waals surface area contributed by atoms with Crippen LogP contribution in [0.25, 0.3) is 11.4 Å². The Morgan fingerprint density at radius 1 is 0.714 bits per heavy atom. The number of aromatic nitrogens is 2. The Hall–Kier alpha value is -1.12. The molecule has 0 saturated heterocycles. The van der Waals surface area contributed by atoms with Crippen LogP contribution in [0.4, 0.5) is 0 Å². The van der Waals surface area contributed by atoms with Crippen LogP contribution in [-0.4, -0.2) is 9.97 Å². The molecule has 2 aromatic rings. The molecule has 0 saturated carbocycles. The maximum Gasteiger partial charge on any atom is 0.129 e. The summed E-state index contributed by atoms with van der Waals surface area (Å²) in [5, 5.41) is 0.897. The molecule has 70 valence electrons. The van der Waals surface area contributed by atoms with Crippen LogP contribution >= 0.6 is 23.2 Å². The number of hydrogen-bond acceptors (Lipinski definition) is 2. The van der Waals surface area contributed by atoms with E-state index in [0.717, 1.165) is 11.4 Å². The topological polar surface area (TPSA) is 25.8 Å². The molecule has 0 spiro atoms. The molecule has 0 radical (unpaired) electrons. The van der Waals surface area contributed by atoms with Crippen molar-refractivity contribution in [2.24, 2.45) is 0 Å². The quantitative estimate of drug-likeness (QED) is 0.694. The standard InChI is InChI=1S/C10H6Cl2N2/c11-9-5-1-3-7(13-9)8-4-2-6-10(12)14-8/h1-6H. The van der Waals surface area contributed by atoms with Gasteiger partial charge >= 0.3 is 0 Å². The lowest BCUT2D eigenvalue weighted by Gasteiger charge is -1.99. The number of pyridine rings is 2. The van der Waals surface area contributed by atoms with E-state index in [1.54, 1.807) is 12.1 Å². The Bertz CT molecular complexity index is 414. The van der Waals surface area contributed by atoms with Crippen LogP contribution in [0.2, 0.25) is 10.3 Å². The third-order valence-electron chi connectivity index (χ3n) is 1.69. The molecule has 0 amide bonds. The van der Waals surface area contributed by atoms with Gasteiger partial charge in [-0.15, -0.1) is 0 Å². The lowest BCUT2D eigenvalue weighted by atomic mass is 10.2. The summed E-state index contributed by atoms with van der Waals surface area (Å²) in [6.07, 6.45) is 0. The average Bonchev–Trinajstić information content (AvgIpc) is 2.18. The molecule has 0 unspecified atom stereocenters. The zero-order valence-corrected chi connectivity index (χ0v) is 8.63. The first kappa shape index (κ1) is 9.44. The molecule has 2 rings (SSSR count). The summed E-state index contributed by atoms with van der Waals surface area (Å²) in [5.74, 6) is 0. The lowest BCUT2D eigenvalue weighted by molar-refractivity contribution is 1.25. The fourth-order valence-corrected chi connectivity index (χ4v) is 1.43. The summed E-state index contributed by atoms with van der Waals surface area (Å²) in [6, 6.07) is 10.8. The minimum atomic E-state index is 0.448. The summed E-state index contributed by atoms with van der Waals surface area (Å²) < 4.78 is 0. The van der Waals surface area contributed by atoms with Gasteiger partial charge in [0.2, 0.25) is 0 Å². The third kappa shape index (κ3) is 2.03. The van der Waals surface area contributed by atoms with E-state index in [1.807, 2.05) is 24.3 Å². The summed E-state index contributed by atoms with van der Waals surface area (Å²) in [4.78, 5) is 8.26. The molecule has 0 aliphatic rings. The zero-order chi connectivity index (χ0) is 9.97. The summed E-state index contributed by atoms with van der Waals surface area (Å²) in [7, 11) is 0. The average molecular weight is 225 g/mol. The van der Waals surface area contributed by atoms with Crippen LogP contribution in [0.3, 0.4) is 0 Å². The van der Waals surface area contributed by atoms with E-state index in [4.69, 9.17) is 23.2 Å². The number of halogens is 2. The third-order valence-corrected chi connectivity index (χ3v) is 2.11. The van der Waals surface area contributed by atoms with Crippen molar-refractivity contribution in [1.82, 2.24) is 9.97 Å². The molecule has 0 aliphatic carbocycles. The van der Waals surface area contributed by atoms with E-state index in [1.165, 1.54) is 0 Å². The van der Waals surface area contributed by atoms with Gasteiger partial charge in [0.05, 0.1) is 11.4 Å². The van der Waals surface area contributed by atoms with E-state index in [2.05, 4.69) is 9.97 Å². The fraction of sp³-hybridized carbons (Fsp3) is 0. The minimum Gasteiger partial charge on any atom is -0.234 e. The first-order chi connectivity index (χ1) is 6.75.